The Kier molecular flexibility index (Phi) is 4.37. The third-order valence-corrected chi connectivity index (χ3v) is 3.63. The number of hydrogen-bond donors (Lipinski definition) is 1. The second-order valence-corrected chi connectivity index (χ2v) is 5.11. The van der Waals surface area contributed by atoms with Crippen LogP contribution >= 0.6 is 0 Å². The number of hydrogen-bond acceptors (Lipinski definition) is 3. The van der Waals surface area contributed by atoms with Gasteiger partial charge in [-0.25, -0.2) is 0 Å². The summed E-state index contributed by atoms with van der Waals surface area (Å²) in [5.74, 6) is 0. The Labute approximate surface area is 108 Å². The van der Waals surface area contributed by atoms with Crippen molar-refractivity contribution < 1.29 is 9.94 Å². The van der Waals surface area contributed by atoms with Gasteiger partial charge in [0.1, 0.15) is 0 Å². The summed E-state index contributed by atoms with van der Waals surface area (Å²) in [4.78, 5) is 0. The molecule has 0 amide bonds. The maximum absolute atomic E-state index is 8.70. The number of nitrogens with zero attached hydrogens (tertiary/aromatic N) is 1. The van der Waals surface area contributed by atoms with Crippen molar-refractivity contribution in [3.05, 3.63) is 34.9 Å². The predicted octanol–water partition coefficient (Wildman–Crippen LogP) is 3.59. The van der Waals surface area contributed by atoms with E-state index in [-0.39, 0.29) is 0 Å². The van der Waals surface area contributed by atoms with Crippen LogP contribution < -0.4 is 0 Å². The Morgan fingerprint density at radius 3 is 2.67 bits per heavy atom. The van der Waals surface area contributed by atoms with Crippen molar-refractivity contribution in [1.82, 2.24) is 0 Å². The Morgan fingerprint density at radius 1 is 1.28 bits per heavy atom. The van der Waals surface area contributed by atoms with Gasteiger partial charge in [-0.15, -0.1) is 0 Å². The first-order valence-electron chi connectivity index (χ1n) is 6.56. The minimum absolute atomic E-state index is 0.301. The summed E-state index contributed by atoms with van der Waals surface area (Å²) < 4.78 is 5.96. The van der Waals surface area contributed by atoms with Crippen LogP contribution in [0.1, 0.15) is 42.4 Å². The Balaban J connectivity index is 1.87. The van der Waals surface area contributed by atoms with E-state index in [0.29, 0.717) is 12.7 Å². The third-order valence-electron chi connectivity index (χ3n) is 3.63. The van der Waals surface area contributed by atoms with Gasteiger partial charge in [-0.3, -0.25) is 0 Å². The number of aryl methyl sites for hydroxylation is 2. The lowest BCUT2D eigenvalue weighted by Crippen LogP contribution is -2.21. The molecule has 1 aromatic carbocycles. The molecule has 0 saturated heterocycles. The number of ether oxygens (including phenoxy) is 1. The maximum Gasteiger partial charge on any atom is 0.0723 e. The van der Waals surface area contributed by atoms with E-state index in [1.54, 1.807) is 0 Å². The van der Waals surface area contributed by atoms with Gasteiger partial charge in [0.15, 0.2) is 0 Å². The van der Waals surface area contributed by atoms with Crippen LogP contribution in [0.15, 0.2) is 23.4 Å². The van der Waals surface area contributed by atoms with Crippen LogP contribution in [0.4, 0.5) is 0 Å². The van der Waals surface area contributed by atoms with Gasteiger partial charge >= 0.3 is 0 Å². The molecule has 1 aromatic rings. The van der Waals surface area contributed by atoms with Gasteiger partial charge in [0.2, 0.25) is 0 Å². The Morgan fingerprint density at radius 2 is 2.00 bits per heavy atom. The molecule has 1 fully saturated rings. The second kappa shape index (κ2) is 6.01. The maximum atomic E-state index is 8.70. The van der Waals surface area contributed by atoms with E-state index in [0.717, 1.165) is 31.4 Å². The lowest BCUT2D eigenvalue weighted by molar-refractivity contribution is 0.0274. The van der Waals surface area contributed by atoms with Gasteiger partial charge in [-0.05, 0) is 50.7 Å². The molecular weight excluding hydrogens is 226 g/mol. The third kappa shape index (κ3) is 3.33. The summed E-state index contributed by atoms with van der Waals surface area (Å²) in [5, 5.41) is 12.0. The molecule has 3 nitrogen and oxygen atoms in total. The summed E-state index contributed by atoms with van der Waals surface area (Å²) in [6, 6.07) is 6.47. The van der Waals surface area contributed by atoms with Crippen molar-refractivity contribution in [3.8, 4) is 0 Å². The van der Waals surface area contributed by atoms with Crippen molar-refractivity contribution in [3.63, 3.8) is 0 Å². The monoisotopic (exact) mass is 247 g/mol. The van der Waals surface area contributed by atoms with E-state index in [1.807, 2.05) is 0 Å². The molecule has 0 unspecified atom stereocenters. The molecule has 0 heterocycles. The SMILES string of the molecule is Cc1ccc(C)c(COC2CCC(=NO)CC2)c1. The molecule has 0 bridgehead atoms. The summed E-state index contributed by atoms with van der Waals surface area (Å²) in [5.41, 5.74) is 4.74. The minimum Gasteiger partial charge on any atom is -0.411 e. The first-order chi connectivity index (χ1) is 8.69. The van der Waals surface area contributed by atoms with E-state index >= 15 is 0 Å². The molecule has 3 heteroatoms. The molecule has 0 spiro atoms. The zero-order valence-corrected chi connectivity index (χ0v) is 11.1. The molecule has 1 aliphatic carbocycles. The normalized spacial score (nSPS) is 19.9. The number of rotatable bonds is 3. The van der Waals surface area contributed by atoms with Crippen molar-refractivity contribution in [1.29, 1.82) is 0 Å². The van der Waals surface area contributed by atoms with E-state index in [1.165, 1.54) is 16.7 Å². The van der Waals surface area contributed by atoms with Crippen LogP contribution in [0, 0.1) is 13.8 Å². The van der Waals surface area contributed by atoms with Gasteiger partial charge in [-0.2, -0.15) is 0 Å². The van der Waals surface area contributed by atoms with E-state index in [2.05, 4.69) is 37.2 Å². The molecule has 98 valence electrons. The van der Waals surface area contributed by atoms with E-state index in [4.69, 9.17) is 9.94 Å². The van der Waals surface area contributed by atoms with Crippen molar-refractivity contribution >= 4 is 5.71 Å². The molecule has 0 aliphatic heterocycles. The minimum atomic E-state index is 0.301. The highest BCUT2D eigenvalue weighted by molar-refractivity contribution is 5.84. The summed E-state index contributed by atoms with van der Waals surface area (Å²) in [7, 11) is 0. The summed E-state index contributed by atoms with van der Waals surface area (Å²) in [6.07, 6.45) is 3.94. The second-order valence-electron chi connectivity index (χ2n) is 5.11. The zero-order chi connectivity index (χ0) is 13.0. The summed E-state index contributed by atoms with van der Waals surface area (Å²) in [6.45, 7) is 4.91. The van der Waals surface area contributed by atoms with Crippen LogP contribution in [0.2, 0.25) is 0 Å². The standard InChI is InChI=1S/C15H21NO2/c1-11-3-4-12(2)13(9-11)10-18-15-7-5-14(16-17)6-8-15/h3-4,9,15,17H,5-8,10H2,1-2H3. The smallest absolute Gasteiger partial charge is 0.0723 e. The Hall–Kier alpha value is -1.35. The molecule has 1 aliphatic rings. The molecule has 1 N–H and O–H groups in total. The van der Waals surface area contributed by atoms with Crippen LogP contribution in [-0.2, 0) is 11.3 Å². The van der Waals surface area contributed by atoms with Gasteiger partial charge in [0, 0.05) is 0 Å². The van der Waals surface area contributed by atoms with Crippen molar-refractivity contribution in [2.75, 3.05) is 0 Å². The first kappa shape index (κ1) is 13.1. The van der Waals surface area contributed by atoms with E-state index in [9.17, 15) is 0 Å². The largest absolute Gasteiger partial charge is 0.411 e. The molecule has 18 heavy (non-hydrogen) atoms. The lowest BCUT2D eigenvalue weighted by atomic mass is 9.96. The van der Waals surface area contributed by atoms with Crippen LogP contribution in [-0.4, -0.2) is 17.0 Å². The number of benzene rings is 1. The fourth-order valence-electron chi connectivity index (χ4n) is 2.35. The molecular formula is C15H21NO2. The quantitative estimate of drug-likeness (QED) is 0.655. The molecule has 0 aromatic heterocycles. The van der Waals surface area contributed by atoms with Crippen LogP contribution in [0.3, 0.4) is 0 Å². The zero-order valence-electron chi connectivity index (χ0n) is 11.1. The van der Waals surface area contributed by atoms with Gasteiger partial charge in [0.05, 0.1) is 18.4 Å². The molecule has 0 radical (unpaired) electrons. The van der Waals surface area contributed by atoms with Gasteiger partial charge < -0.3 is 9.94 Å². The Bertz CT molecular complexity index is 430. The highest BCUT2D eigenvalue weighted by atomic mass is 16.5. The number of oxime groups is 1. The average Bonchev–Trinajstić information content (AvgIpc) is 2.40. The first-order valence-corrected chi connectivity index (χ1v) is 6.56. The highest BCUT2D eigenvalue weighted by Crippen LogP contribution is 2.21. The molecule has 2 rings (SSSR count). The molecule has 1 saturated carbocycles. The lowest BCUT2D eigenvalue weighted by Gasteiger charge is -2.23. The van der Waals surface area contributed by atoms with Gasteiger partial charge in [0.25, 0.3) is 0 Å². The van der Waals surface area contributed by atoms with E-state index < -0.39 is 0 Å². The summed E-state index contributed by atoms with van der Waals surface area (Å²) >= 11 is 0. The van der Waals surface area contributed by atoms with Gasteiger partial charge in [-0.1, -0.05) is 28.9 Å². The van der Waals surface area contributed by atoms with Crippen molar-refractivity contribution in [2.24, 2.45) is 5.16 Å². The fraction of sp³-hybridized carbons (Fsp3) is 0.533. The molecule has 0 atom stereocenters. The van der Waals surface area contributed by atoms with Crippen molar-refractivity contribution in [2.45, 2.75) is 52.2 Å². The predicted molar refractivity (Wildman–Crippen MR) is 72.2 cm³/mol. The highest BCUT2D eigenvalue weighted by Gasteiger charge is 2.18. The van der Waals surface area contributed by atoms with Crippen LogP contribution in [0.25, 0.3) is 0 Å². The topological polar surface area (TPSA) is 41.8 Å². The fourth-order valence-corrected chi connectivity index (χ4v) is 2.35. The average molecular weight is 247 g/mol. The van der Waals surface area contributed by atoms with Crippen LogP contribution in [0.5, 0.6) is 0 Å².